The fraction of sp³-hybridized carbons (Fsp3) is 0.657. The first-order chi connectivity index (χ1) is 19.0. The topological polar surface area (TPSA) is 54.4 Å². The van der Waals surface area contributed by atoms with Crippen LogP contribution in [0.1, 0.15) is 126 Å². The van der Waals surface area contributed by atoms with Gasteiger partial charge in [0, 0.05) is 5.56 Å². The summed E-state index contributed by atoms with van der Waals surface area (Å²) < 4.78 is 31.4. The molecule has 4 nitrogen and oxygen atoms in total. The Bertz CT molecular complexity index is 1000. The van der Waals surface area contributed by atoms with Gasteiger partial charge in [-0.25, -0.2) is 0 Å². The monoisotopic (exact) mass is 574 g/mol. The van der Waals surface area contributed by atoms with Gasteiger partial charge in [-0.1, -0.05) is 139 Å². The van der Waals surface area contributed by atoms with E-state index in [1.54, 1.807) is 26.0 Å². The molecule has 0 radical (unpaired) electrons. The van der Waals surface area contributed by atoms with Gasteiger partial charge in [0.15, 0.2) is 0 Å². The van der Waals surface area contributed by atoms with Crippen molar-refractivity contribution in [3.8, 4) is 0 Å². The summed E-state index contributed by atoms with van der Waals surface area (Å²) in [6.45, 7) is 8.16. The molecule has 0 aliphatic rings. The van der Waals surface area contributed by atoms with Crippen LogP contribution < -0.4 is 0 Å². The summed E-state index contributed by atoms with van der Waals surface area (Å²) in [6.07, 6.45) is 23.2. The molecule has 0 spiro atoms. The molecule has 2 aromatic rings. The smallest absolute Gasteiger partial charge is 0.294 e. The third-order valence-electron chi connectivity index (χ3n) is 7.69. The van der Waals surface area contributed by atoms with Gasteiger partial charge in [0.05, 0.1) is 25.5 Å². The van der Waals surface area contributed by atoms with Crippen LogP contribution in [0.3, 0.4) is 0 Å². The molecular weight excluding hydrogens is 514 g/mol. The standard InChI is InChI=1S/C27H50N.C8H10O3S/c1-4-5-6-7-8-9-10-11-12-13-14-15-16-17-18-22-25-28(2,3)26-27-23-20-19-21-24-27;1-6-3-4-7(2)8(5-6)12(9,10)11/h19-21,23-24H,4-18,22,25-26H2,1-3H3;3-5H,1-2H3,(H,9,10,11)/q+1;. The van der Waals surface area contributed by atoms with Crippen LogP contribution in [0, 0.1) is 13.8 Å². The average molecular weight is 575 g/mol. The van der Waals surface area contributed by atoms with Crippen LogP contribution in [-0.4, -0.2) is 38.1 Å². The number of aryl methyl sites for hydroxylation is 2. The summed E-state index contributed by atoms with van der Waals surface area (Å²) in [5.74, 6) is 0. The highest BCUT2D eigenvalue weighted by Crippen LogP contribution is 2.17. The van der Waals surface area contributed by atoms with Crippen LogP contribution in [0.25, 0.3) is 0 Å². The summed E-state index contributed by atoms with van der Waals surface area (Å²) in [7, 11) is 0.690. The van der Waals surface area contributed by atoms with Crippen LogP contribution in [-0.2, 0) is 16.7 Å². The van der Waals surface area contributed by atoms with E-state index < -0.39 is 10.1 Å². The van der Waals surface area contributed by atoms with Crippen LogP contribution in [0.4, 0.5) is 0 Å². The molecule has 0 heterocycles. The van der Waals surface area contributed by atoms with Crippen molar-refractivity contribution in [2.75, 3.05) is 20.6 Å². The molecule has 0 fully saturated rings. The Morgan fingerprint density at radius 1 is 0.650 bits per heavy atom. The van der Waals surface area contributed by atoms with Gasteiger partial charge < -0.3 is 4.48 Å². The Labute approximate surface area is 247 Å². The first-order valence-electron chi connectivity index (χ1n) is 16.0. The van der Waals surface area contributed by atoms with E-state index in [0.29, 0.717) is 5.56 Å². The fourth-order valence-electron chi connectivity index (χ4n) is 5.23. The summed E-state index contributed by atoms with van der Waals surface area (Å²) in [6, 6.07) is 15.8. The van der Waals surface area contributed by atoms with Gasteiger partial charge in [0.2, 0.25) is 0 Å². The number of quaternary nitrogens is 1. The summed E-state index contributed by atoms with van der Waals surface area (Å²) >= 11 is 0. The van der Waals surface area contributed by atoms with Crippen molar-refractivity contribution in [1.82, 2.24) is 0 Å². The van der Waals surface area contributed by atoms with Gasteiger partial charge in [-0.15, -0.1) is 0 Å². The van der Waals surface area contributed by atoms with Gasteiger partial charge in [0.25, 0.3) is 10.1 Å². The summed E-state index contributed by atoms with van der Waals surface area (Å²) in [5.41, 5.74) is 2.83. The highest BCUT2D eigenvalue weighted by molar-refractivity contribution is 7.85. The predicted octanol–water partition coefficient (Wildman–Crippen LogP) is 10.1. The molecule has 0 aliphatic heterocycles. The second kappa shape index (κ2) is 21.1. The van der Waals surface area contributed by atoms with E-state index in [2.05, 4.69) is 51.4 Å². The lowest BCUT2D eigenvalue weighted by atomic mass is 10.0. The molecule has 228 valence electrons. The van der Waals surface area contributed by atoms with Gasteiger partial charge >= 0.3 is 0 Å². The first kappa shape index (κ1) is 36.3. The zero-order valence-corrected chi connectivity index (χ0v) is 27.3. The molecule has 2 rings (SSSR count). The maximum absolute atomic E-state index is 10.8. The highest BCUT2D eigenvalue weighted by Gasteiger charge is 2.15. The van der Waals surface area contributed by atoms with E-state index in [9.17, 15) is 8.42 Å². The predicted molar refractivity (Wildman–Crippen MR) is 172 cm³/mol. The molecule has 0 aromatic heterocycles. The molecule has 0 saturated heterocycles. The minimum absolute atomic E-state index is 0.0116. The Hall–Kier alpha value is -1.69. The lowest BCUT2D eigenvalue weighted by Gasteiger charge is -2.30. The number of rotatable bonds is 20. The highest BCUT2D eigenvalue weighted by atomic mass is 32.2. The van der Waals surface area contributed by atoms with Crippen molar-refractivity contribution in [2.24, 2.45) is 0 Å². The number of hydrogen-bond donors (Lipinski definition) is 1. The number of benzene rings is 2. The van der Waals surface area contributed by atoms with Gasteiger partial charge in [-0.2, -0.15) is 8.42 Å². The van der Waals surface area contributed by atoms with Gasteiger partial charge in [-0.3, -0.25) is 4.55 Å². The van der Waals surface area contributed by atoms with Crippen LogP contribution in [0.2, 0.25) is 0 Å². The number of nitrogens with zero attached hydrogens (tertiary/aromatic N) is 1. The fourth-order valence-corrected chi connectivity index (χ4v) is 6.04. The number of hydrogen-bond acceptors (Lipinski definition) is 2. The van der Waals surface area contributed by atoms with E-state index in [0.717, 1.165) is 16.6 Å². The van der Waals surface area contributed by atoms with Crippen molar-refractivity contribution in [1.29, 1.82) is 0 Å². The van der Waals surface area contributed by atoms with Crippen molar-refractivity contribution in [3.63, 3.8) is 0 Å². The quantitative estimate of drug-likeness (QED) is 0.0972. The molecule has 0 saturated carbocycles. The van der Waals surface area contributed by atoms with Crippen LogP contribution >= 0.6 is 0 Å². The van der Waals surface area contributed by atoms with Crippen molar-refractivity contribution < 1.29 is 17.5 Å². The average Bonchev–Trinajstić information content (AvgIpc) is 2.90. The summed E-state index contributed by atoms with van der Waals surface area (Å²) in [4.78, 5) is -0.0116. The normalized spacial score (nSPS) is 11.8. The Morgan fingerprint density at radius 2 is 1.10 bits per heavy atom. The summed E-state index contributed by atoms with van der Waals surface area (Å²) in [5, 5.41) is 0. The first-order valence-corrected chi connectivity index (χ1v) is 17.4. The zero-order chi connectivity index (χ0) is 29.7. The molecule has 0 atom stereocenters. The molecule has 0 bridgehead atoms. The van der Waals surface area contributed by atoms with Gasteiger partial charge in [0.1, 0.15) is 6.54 Å². The lowest BCUT2D eigenvalue weighted by Crippen LogP contribution is -2.39. The Balaban J connectivity index is 0.000000552. The van der Waals surface area contributed by atoms with Crippen molar-refractivity contribution in [2.45, 2.75) is 135 Å². The van der Waals surface area contributed by atoms with E-state index in [4.69, 9.17) is 4.55 Å². The van der Waals surface area contributed by atoms with Gasteiger partial charge in [-0.05, 0) is 43.9 Å². The van der Waals surface area contributed by atoms with E-state index in [1.165, 1.54) is 121 Å². The van der Waals surface area contributed by atoms with E-state index in [-0.39, 0.29) is 4.90 Å². The van der Waals surface area contributed by atoms with E-state index in [1.807, 2.05) is 0 Å². The van der Waals surface area contributed by atoms with Crippen LogP contribution in [0.15, 0.2) is 53.4 Å². The molecule has 2 aromatic carbocycles. The SMILES string of the molecule is CCCCCCCCCCCCCCCCCC[N+](C)(C)Cc1ccccc1.Cc1ccc(C)c(S(=O)(=O)O)c1. The van der Waals surface area contributed by atoms with Crippen molar-refractivity contribution in [3.05, 3.63) is 65.2 Å². The molecule has 0 amide bonds. The molecular formula is C35H60NO3S+. The molecule has 40 heavy (non-hydrogen) atoms. The third-order valence-corrected chi connectivity index (χ3v) is 8.69. The lowest BCUT2D eigenvalue weighted by molar-refractivity contribution is -0.903. The zero-order valence-electron chi connectivity index (χ0n) is 26.5. The third kappa shape index (κ3) is 18.6. The molecule has 5 heteroatoms. The maximum Gasteiger partial charge on any atom is 0.294 e. The van der Waals surface area contributed by atoms with Crippen molar-refractivity contribution >= 4 is 10.1 Å². The second-order valence-electron chi connectivity index (χ2n) is 12.4. The van der Waals surface area contributed by atoms with E-state index >= 15 is 0 Å². The minimum Gasteiger partial charge on any atom is -0.325 e. The van der Waals surface area contributed by atoms with Crippen LogP contribution in [0.5, 0.6) is 0 Å². The molecule has 0 aliphatic carbocycles. The largest absolute Gasteiger partial charge is 0.325 e. The minimum atomic E-state index is -4.06. The molecule has 0 unspecified atom stereocenters. The molecule has 1 N–H and O–H groups in total. The Morgan fingerprint density at radius 3 is 1.52 bits per heavy atom. The number of unbranched alkanes of at least 4 members (excludes halogenated alkanes) is 15. The second-order valence-corrected chi connectivity index (χ2v) is 13.7. The maximum atomic E-state index is 10.8. The Kier molecular flexibility index (Phi) is 19.1.